The molecule has 1 aliphatic rings. The van der Waals surface area contributed by atoms with Crippen molar-refractivity contribution in [2.75, 3.05) is 6.54 Å². The van der Waals surface area contributed by atoms with E-state index in [-0.39, 0.29) is 12.0 Å². The summed E-state index contributed by atoms with van der Waals surface area (Å²) < 4.78 is 0.570. The van der Waals surface area contributed by atoms with Crippen molar-refractivity contribution in [3.8, 4) is 0 Å². The Morgan fingerprint density at radius 1 is 1.45 bits per heavy atom. The molecule has 1 amide bonds. The summed E-state index contributed by atoms with van der Waals surface area (Å²) in [4.78, 5) is 16.0. The SMILES string of the molecule is O=C(NCCCC1CCCCC1O)c1cccnc1Br. The van der Waals surface area contributed by atoms with Crippen LogP contribution in [0.4, 0.5) is 0 Å². The number of pyridine rings is 1. The minimum Gasteiger partial charge on any atom is -0.393 e. The summed E-state index contributed by atoms with van der Waals surface area (Å²) in [7, 11) is 0. The highest BCUT2D eigenvalue weighted by Crippen LogP contribution is 2.27. The van der Waals surface area contributed by atoms with Crippen LogP contribution in [0.5, 0.6) is 0 Å². The number of rotatable bonds is 5. The largest absolute Gasteiger partial charge is 0.393 e. The van der Waals surface area contributed by atoms with Gasteiger partial charge in [0.1, 0.15) is 4.60 Å². The van der Waals surface area contributed by atoms with Crippen LogP contribution >= 0.6 is 15.9 Å². The maximum Gasteiger partial charge on any atom is 0.254 e. The van der Waals surface area contributed by atoms with E-state index in [4.69, 9.17) is 0 Å². The quantitative estimate of drug-likeness (QED) is 0.639. The van der Waals surface area contributed by atoms with Gasteiger partial charge in [-0.2, -0.15) is 0 Å². The predicted molar refractivity (Wildman–Crippen MR) is 81.5 cm³/mol. The Labute approximate surface area is 128 Å². The second-order valence-corrected chi connectivity index (χ2v) is 6.10. The van der Waals surface area contributed by atoms with E-state index in [9.17, 15) is 9.90 Å². The van der Waals surface area contributed by atoms with Crippen molar-refractivity contribution < 1.29 is 9.90 Å². The number of nitrogens with one attached hydrogen (secondary N) is 1. The highest BCUT2D eigenvalue weighted by molar-refractivity contribution is 9.10. The summed E-state index contributed by atoms with van der Waals surface area (Å²) in [5.41, 5.74) is 0.560. The van der Waals surface area contributed by atoms with Gasteiger partial charge in [-0.3, -0.25) is 4.79 Å². The molecule has 110 valence electrons. The zero-order chi connectivity index (χ0) is 14.4. The number of aliphatic hydroxyl groups excluding tert-OH is 1. The van der Waals surface area contributed by atoms with E-state index in [1.165, 1.54) is 6.42 Å². The molecule has 0 aliphatic heterocycles. The van der Waals surface area contributed by atoms with E-state index >= 15 is 0 Å². The monoisotopic (exact) mass is 340 g/mol. The van der Waals surface area contributed by atoms with Gasteiger partial charge in [0.05, 0.1) is 11.7 Å². The molecule has 2 N–H and O–H groups in total. The lowest BCUT2D eigenvalue weighted by Gasteiger charge is -2.27. The molecule has 4 nitrogen and oxygen atoms in total. The summed E-state index contributed by atoms with van der Waals surface area (Å²) in [6, 6.07) is 3.50. The molecular formula is C15H21BrN2O2. The molecule has 0 aromatic carbocycles. The number of hydrogen-bond acceptors (Lipinski definition) is 3. The van der Waals surface area contributed by atoms with Gasteiger partial charge in [0.15, 0.2) is 0 Å². The summed E-state index contributed by atoms with van der Waals surface area (Å²) in [5, 5.41) is 12.8. The van der Waals surface area contributed by atoms with Gasteiger partial charge >= 0.3 is 0 Å². The minimum absolute atomic E-state index is 0.103. The lowest BCUT2D eigenvalue weighted by molar-refractivity contribution is 0.0641. The molecule has 1 saturated carbocycles. The molecule has 2 rings (SSSR count). The molecule has 0 spiro atoms. The second kappa shape index (κ2) is 7.74. The van der Waals surface area contributed by atoms with Crippen molar-refractivity contribution in [1.29, 1.82) is 0 Å². The topological polar surface area (TPSA) is 62.2 Å². The third-order valence-corrected chi connectivity index (χ3v) is 4.54. The van der Waals surface area contributed by atoms with Crippen LogP contribution in [0.15, 0.2) is 22.9 Å². The Kier molecular flexibility index (Phi) is 5.98. The van der Waals surface area contributed by atoms with Gasteiger partial charge in [-0.05, 0) is 59.7 Å². The van der Waals surface area contributed by atoms with Crippen LogP contribution in [0.2, 0.25) is 0 Å². The lowest BCUT2D eigenvalue weighted by Crippen LogP contribution is -2.28. The predicted octanol–water partition coefficient (Wildman–Crippen LogP) is 2.91. The number of aromatic nitrogens is 1. The highest BCUT2D eigenvalue weighted by atomic mass is 79.9. The highest BCUT2D eigenvalue weighted by Gasteiger charge is 2.22. The summed E-state index contributed by atoms with van der Waals surface area (Å²) in [6.07, 6.45) is 7.79. The number of hydrogen-bond donors (Lipinski definition) is 2. The second-order valence-electron chi connectivity index (χ2n) is 5.35. The van der Waals surface area contributed by atoms with E-state index in [2.05, 4.69) is 26.2 Å². The average Bonchev–Trinajstić information content (AvgIpc) is 2.45. The van der Waals surface area contributed by atoms with Gasteiger partial charge < -0.3 is 10.4 Å². The summed E-state index contributed by atoms with van der Waals surface area (Å²) >= 11 is 3.27. The Hall–Kier alpha value is -0.940. The fourth-order valence-corrected chi connectivity index (χ4v) is 3.17. The maximum atomic E-state index is 12.0. The maximum absolute atomic E-state index is 12.0. The Balaban J connectivity index is 1.71. The summed E-state index contributed by atoms with van der Waals surface area (Å²) in [5.74, 6) is 0.306. The minimum atomic E-state index is -0.146. The van der Waals surface area contributed by atoms with Crippen LogP contribution < -0.4 is 5.32 Å². The molecule has 1 fully saturated rings. The van der Waals surface area contributed by atoms with Crippen LogP contribution in [0.1, 0.15) is 48.9 Å². The average molecular weight is 341 g/mol. The number of halogens is 1. The number of carbonyl (C=O) groups is 1. The Morgan fingerprint density at radius 3 is 3.00 bits per heavy atom. The van der Waals surface area contributed by atoms with Crippen LogP contribution in [-0.2, 0) is 0 Å². The smallest absolute Gasteiger partial charge is 0.254 e. The van der Waals surface area contributed by atoms with Crippen molar-refractivity contribution in [1.82, 2.24) is 10.3 Å². The van der Waals surface area contributed by atoms with Gasteiger partial charge in [0, 0.05) is 12.7 Å². The van der Waals surface area contributed by atoms with Crippen LogP contribution in [0, 0.1) is 5.92 Å². The number of amides is 1. The van der Waals surface area contributed by atoms with E-state index in [0.29, 0.717) is 22.6 Å². The Morgan fingerprint density at radius 2 is 2.25 bits per heavy atom. The van der Waals surface area contributed by atoms with Crippen LogP contribution in [0.3, 0.4) is 0 Å². The fourth-order valence-electron chi connectivity index (χ4n) is 2.74. The van der Waals surface area contributed by atoms with Crippen molar-refractivity contribution >= 4 is 21.8 Å². The molecule has 5 heteroatoms. The van der Waals surface area contributed by atoms with Crippen molar-refractivity contribution in [3.63, 3.8) is 0 Å². The fraction of sp³-hybridized carbons (Fsp3) is 0.600. The molecular weight excluding hydrogens is 320 g/mol. The van der Waals surface area contributed by atoms with E-state index < -0.39 is 0 Å². The molecule has 1 aliphatic carbocycles. The molecule has 1 aromatic heterocycles. The summed E-state index contributed by atoms with van der Waals surface area (Å²) in [6.45, 7) is 0.642. The molecule has 1 heterocycles. The van der Waals surface area contributed by atoms with Crippen LogP contribution in [0.25, 0.3) is 0 Å². The standard InChI is InChI=1S/C15H21BrN2O2/c16-14-12(7-4-9-17-14)15(20)18-10-3-6-11-5-1-2-8-13(11)19/h4,7,9,11,13,19H,1-3,5-6,8,10H2,(H,18,20). The molecule has 20 heavy (non-hydrogen) atoms. The molecule has 0 radical (unpaired) electrons. The van der Waals surface area contributed by atoms with E-state index in [1.54, 1.807) is 18.3 Å². The first-order chi connectivity index (χ1) is 9.68. The van der Waals surface area contributed by atoms with Gasteiger partial charge in [0.2, 0.25) is 0 Å². The molecule has 0 bridgehead atoms. The van der Waals surface area contributed by atoms with Gasteiger partial charge in [-0.1, -0.05) is 12.8 Å². The normalized spacial score (nSPS) is 22.5. The van der Waals surface area contributed by atoms with Crippen molar-refractivity contribution in [3.05, 3.63) is 28.5 Å². The van der Waals surface area contributed by atoms with Crippen LogP contribution in [-0.4, -0.2) is 28.6 Å². The van der Waals surface area contributed by atoms with Crippen molar-refractivity contribution in [2.24, 2.45) is 5.92 Å². The van der Waals surface area contributed by atoms with E-state index in [0.717, 1.165) is 32.1 Å². The number of carbonyl (C=O) groups excluding carboxylic acids is 1. The Bertz CT molecular complexity index is 453. The molecule has 2 unspecified atom stereocenters. The van der Waals surface area contributed by atoms with Gasteiger partial charge in [-0.25, -0.2) is 4.98 Å². The third-order valence-electron chi connectivity index (χ3n) is 3.91. The zero-order valence-electron chi connectivity index (χ0n) is 11.5. The third kappa shape index (κ3) is 4.28. The first-order valence-electron chi connectivity index (χ1n) is 7.25. The number of aliphatic hydroxyl groups is 1. The molecule has 0 saturated heterocycles. The lowest BCUT2D eigenvalue weighted by atomic mass is 9.83. The van der Waals surface area contributed by atoms with Crippen molar-refractivity contribution in [2.45, 2.75) is 44.6 Å². The molecule has 2 atom stereocenters. The first kappa shape index (κ1) is 15.4. The number of nitrogens with zero attached hydrogens (tertiary/aromatic N) is 1. The van der Waals surface area contributed by atoms with Gasteiger partial charge in [-0.15, -0.1) is 0 Å². The zero-order valence-corrected chi connectivity index (χ0v) is 13.1. The first-order valence-corrected chi connectivity index (χ1v) is 8.04. The van der Waals surface area contributed by atoms with E-state index in [1.807, 2.05) is 0 Å². The molecule has 1 aromatic rings. The van der Waals surface area contributed by atoms with Gasteiger partial charge in [0.25, 0.3) is 5.91 Å².